The molecule has 1 amide bonds. The SMILES string of the molecule is CN1CCN=C1CN(Cc1ccc(C(=O)Nc2ccc(CNC3CCCCC3)cc2)cc1)Cc1ncc[nH]1. The minimum atomic E-state index is -0.0981. The van der Waals surface area contributed by atoms with E-state index in [0.29, 0.717) is 18.2 Å². The summed E-state index contributed by atoms with van der Waals surface area (Å²) in [5, 5.41) is 6.70. The summed E-state index contributed by atoms with van der Waals surface area (Å²) < 4.78 is 0. The monoisotopic (exact) mass is 513 g/mol. The molecule has 1 saturated carbocycles. The van der Waals surface area contributed by atoms with Crippen LogP contribution in [0.5, 0.6) is 0 Å². The topological polar surface area (TPSA) is 88.7 Å². The van der Waals surface area contributed by atoms with Crippen molar-refractivity contribution in [3.8, 4) is 0 Å². The lowest BCUT2D eigenvalue weighted by Crippen LogP contribution is -2.36. The van der Waals surface area contributed by atoms with Crippen LogP contribution in [0.1, 0.15) is 59.4 Å². The molecule has 38 heavy (non-hydrogen) atoms. The van der Waals surface area contributed by atoms with Gasteiger partial charge in [0, 0.05) is 56.4 Å². The van der Waals surface area contributed by atoms with Crippen LogP contribution in [0.3, 0.4) is 0 Å². The predicted octanol–water partition coefficient (Wildman–Crippen LogP) is 4.43. The molecule has 2 aromatic carbocycles. The number of hydrogen-bond donors (Lipinski definition) is 3. The minimum Gasteiger partial charge on any atom is -0.360 e. The number of rotatable bonds is 11. The zero-order valence-electron chi connectivity index (χ0n) is 22.3. The maximum absolute atomic E-state index is 12.9. The Kier molecular flexibility index (Phi) is 8.83. The lowest BCUT2D eigenvalue weighted by atomic mass is 9.95. The Morgan fingerprint density at radius 1 is 1.00 bits per heavy atom. The van der Waals surface area contributed by atoms with Gasteiger partial charge in [0.25, 0.3) is 5.91 Å². The minimum absolute atomic E-state index is 0.0981. The highest BCUT2D eigenvalue weighted by atomic mass is 16.1. The average Bonchev–Trinajstić information content (AvgIpc) is 3.61. The van der Waals surface area contributed by atoms with E-state index in [1.807, 2.05) is 42.6 Å². The molecule has 8 heteroatoms. The summed E-state index contributed by atoms with van der Waals surface area (Å²) in [7, 11) is 2.09. The summed E-state index contributed by atoms with van der Waals surface area (Å²) in [5.41, 5.74) is 3.84. The fourth-order valence-corrected chi connectivity index (χ4v) is 5.21. The first kappa shape index (κ1) is 26.1. The number of nitrogens with zero attached hydrogens (tertiary/aromatic N) is 4. The first-order chi connectivity index (χ1) is 18.6. The second-order valence-corrected chi connectivity index (χ2v) is 10.5. The summed E-state index contributed by atoms with van der Waals surface area (Å²) in [5.74, 6) is 1.93. The second kappa shape index (κ2) is 12.8. The lowest BCUT2D eigenvalue weighted by Gasteiger charge is -2.24. The largest absolute Gasteiger partial charge is 0.360 e. The number of nitrogens with one attached hydrogen (secondary N) is 3. The van der Waals surface area contributed by atoms with E-state index in [1.54, 1.807) is 6.20 Å². The molecule has 0 bridgehead atoms. The van der Waals surface area contributed by atoms with Crippen LogP contribution in [0.4, 0.5) is 5.69 Å². The first-order valence-electron chi connectivity index (χ1n) is 13.8. The fraction of sp³-hybridized carbons (Fsp3) is 0.433. The number of aliphatic imine (C=N–C) groups is 1. The maximum atomic E-state index is 12.9. The van der Waals surface area contributed by atoms with Gasteiger partial charge in [0.2, 0.25) is 0 Å². The maximum Gasteiger partial charge on any atom is 0.255 e. The van der Waals surface area contributed by atoms with Crippen LogP contribution >= 0.6 is 0 Å². The van der Waals surface area contributed by atoms with E-state index in [1.165, 1.54) is 37.7 Å². The molecule has 0 unspecified atom stereocenters. The molecular weight excluding hydrogens is 474 g/mol. The van der Waals surface area contributed by atoms with Gasteiger partial charge in [-0.3, -0.25) is 14.7 Å². The van der Waals surface area contributed by atoms with E-state index in [4.69, 9.17) is 0 Å². The number of aromatic nitrogens is 2. The van der Waals surface area contributed by atoms with Gasteiger partial charge >= 0.3 is 0 Å². The third-order valence-corrected chi connectivity index (χ3v) is 7.50. The Bertz CT molecular complexity index is 1180. The van der Waals surface area contributed by atoms with Crippen LogP contribution in [0.25, 0.3) is 0 Å². The van der Waals surface area contributed by atoms with E-state index in [2.05, 4.69) is 54.6 Å². The van der Waals surface area contributed by atoms with Crippen molar-refractivity contribution in [2.24, 2.45) is 4.99 Å². The van der Waals surface area contributed by atoms with Crippen LogP contribution in [-0.2, 0) is 19.6 Å². The number of H-pyrrole nitrogens is 1. The highest BCUT2D eigenvalue weighted by molar-refractivity contribution is 6.04. The van der Waals surface area contributed by atoms with Crippen molar-refractivity contribution in [1.82, 2.24) is 25.1 Å². The summed E-state index contributed by atoms with van der Waals surface area (Å²) in [6.45, 7) is 4.89. The van der Waals surface area contributed by atoms with Gasteiger partial charge in [-0.05, 0) is 48.2 Å². The van der Waals surface area contributed by atoms with Gasteiger partial charge < -0.3 is 20.5 Å². The Morgan fingerprint density at radius 2 is 1.76 bits per heavy atom. The van der Waals surface area contributed by atoms with E-state index < -0.39 is 0 Å². The third-order valence-electron chi connectivity index (χ3n) is 7.50. The van der Waals surface area contributed by atoms with Crippen LogP contribution in [0, 0.1) is 0 Å². The Morgan fingerprint density at radius 3 is 2.45 bits per heavy atom. The highest BCUT2D eigenvalue weighted by Crippen LogP contribution is 2.19. The van der Waals surface area contributed by atoms with E-state index in [9.17, 15) is 4.79 Å². The van der Waals surface area contributed by atoms with Crippen molar-refractivity contribution < 1.29 is 4.79 Å². The number of amides is 1. The van der Waals surface area contributed by atoms with Crippen molar-refractivity contribution in [2.75, 3.05) is 32.0 Å². The quantitative estimate of drug-likeness (QED) is 0.353. The van der Waals surface area contributed by atoms with Gasteiger partial charge in [-0.1, -0.05) is 43.5 Å². The third kappa shape index (κ3) is 7.30. The lowest BCUT2D eigenvalue weighted by molar-refractivity contribution is 0.102. The zero-order chi connectivity index (χ0) is 26.2. The second-order valence-electron chi connectivity index (χ2n) is 10.5. The number of imidazole rings is 1. The molecule has 200 valence electrons. The Balaban J connectivity index is 1.14. The predicted molar refractivity (Wildman–Crippen MR) is 152 cm³/mol. The molecule has 1 aromatic heterocycles. The fourth-order valence-electron chi connectivity index (χ4n) is 5.21. The number of amidine groups is 1. The van der Waals surface area contributed by atoms with Gasteiger partial charge in [-0.2, -0.15) is 0 Å². The van der Waals surface area contributed by atoms with E-state index >= 15 is 0 Å². The van der Waals surface area contributed by atoms with Gasteiger partial charge in [0.1, 0.15) is 11.7 Å². The summed E-state index contributed by atoms with van der Waals surface area (Å²) >= 11 is 0. The first-order valence-corrected chi connectivity index (χ1v) is 13.8. The van der Waals surface area contributed by atoms with Crippen LogP contribution in [0.15, 0.2) is 65.9 Å². The van der Waals surface area contributed by atoms with Gasteiger partial charge in [0.15, 0.2) is 0 Å². The molecule has 0 radical (unpaired) electrons. The van der Waals surface area contributed by atoms with Crippen LogP contribution in [-0.4, -0.2) is 64.2 Å². The zero-order valence-corrected chi connectivity index (χ0v) is 22.3. The van der Waals surface area contributed by atoms with Crippen molar-refractivity contribution in [3.05, 3.63) is 83.4 Å². The summed E-state index contributed by atoms with van der Waals surface area (Å²) in [6.07, 6.45) is 10.2. The Hall–Kier alpha value is -3.49. The van der Waals surface area contributed by atoms with Crippen LogP contribution < -0.4 is 10.6 Å². The number of hydrogen-bond acceptors (Lipinski definition) is 6. The normalized spacial score (nSPS) is 16.2. The standard InChI is InChI=1S/C30H39N7O/c1-36-18-17-33-29(36)22-37(21-28-31-15-16-32-28)20-24-7-11-25(12-8-24)30(38)35-27-13-9-23(10-14-27)19-34-26-5-3-2-4-6-26/h7-16,26,34H,2-6,17-22H2,1H3,(H,31,32)(H,35,38). The van der Waals surface area contributed by atoms with Crippen molar-refractivity contribution in [3.63, 3.8) is 0 Å². The summed E-state index contributed by atoms with van der Waals surface area (Å²) in [6, 6.07) is 16.7. The molecule has 1 aliphatic carbocycles. The molecular formula is C30H39N7O. The molecule has 2 aliphatic rings. The number of aromatic amines is 1. The smallest absolute Gasteiger partial charge is 0.255 e. The molecule has 8 nitrogen and oxygen atoms in total. The number of carbonyl (C=O) groups excluding carboxylic acids is 1. The van der Waals surface area contributed by atoms with Crippen molar-refractivity contribution in [1.29, 1.82) is 0 Å². The van der Waals surface area contributed by atoms with Crippen LogP contribution in [0.2, 0.25) is 0 Å². The van der Waals surface area contributed by atoms with E-state index in [-0.39, 0.29) is 5.91 Å². The summed E-state index contributed by atoms with van der Waals surface area (Å²) in [4.78, 5) is 29.7. The van der Waals surface area contributed by atoms with Gasteiger partial charge in [-0.25, -0.2) is 4.98 Å². The molecule has 1 aliphatic heterocycles. The molecule has 0 atom stereocenters. The molecule has 1 fully saturated rings. The molecule has 5 rings (SSSR count). The Labute approximate surface area is 225 Å². The number of benzene rings is 2. The molecule has 3 aromatic rings. The molecule has 2 heterocycles. The highest BCUT2D eigenvalue weighted by Gasteiger charge is 2.18. The van der Waals surface area contributed by atoms with Crippen molar-refractivity contribution >= 4 is 17.4 Å². The number of anilines is 1. The average molecular weight is 514 g/mol. The van der Waals surface area contributed by atoms with E-state index in [0.717, 1.165) is 55.6 Å². The molecule has 3 N–H and O–H groups in total. The number of carbonyl (C=O) groups is 1. The number of likely N-dealkylation sites (N-methyl/N-ethyl adjacent to an activating group) is 1. The van der Waals surface area contributed by atoms with Gasteiger partial charge in [-0.15, -0.1) is 0 Å². The molecule has 0 spiro atoms. The molecule has 0 saturated heterocycles. The van der Waals surface area contributed by atoms with Crippen molar-refractivity contribution in [2.45, 2.75) is 57.8 Å². The van der Waals surface area contributed by atoms with Gasteiger partial charge in [0.05, 0.1) is 19.6 Å².